The van der Waals surface area contributed by atoms with Gasteiger partial charge in [-0.15, -0.1) is 0 Å². The summed E-state index contributed by atoms with van der Waals surface area (Å²) in [6.07, 6.45) is 0. The molecule has 0 saturated carbocycles. The summed E-state index contributed by atoms with van der Waals surface area (Å²) in [6.45, 7) is 6.79. The van der Waals surface area contributed by atoms with E-state index in [0.29, 0.717) is 12.5 Å². The number of aromatic amines is 1. The van der Waals surface area contributed by atoms with Gasteiger partial charge in [-0.25, -0.2) is 4.98 Å². The fourth-order valence-electron chi connectivity index (χ4n) is 2.34. The van der Waals surface area contributed by atoms with Crippen LogP contribution < -0.4 is 10.1 Å². The molecule has 1 aliphatic rings. The second-order valence-electron chi connectivity index (χ2n) is 4.91. The molecule has 4 heteroatoms. The number of aromatic nitrogens is 2. The minimum Gasteiger partial charge on any atom is -0.494 e. The van der Waals surface area contributed by atoms with Crippen LogP contribution in [-0.4, -0.2) is 29.7 Å². The third-order valence-electron chi connectivity index (χ3n) is 3.49. The van der Waals surface area contributed by atoms with Crippen LogP contribution in [0, 0.1) is 6.92 Å². The summed E-state index contributed by atoms with van der Waals surface area (Å²) in [5.74, 6) is 2.52. The number of rotatable bonds is 4. The molecule has 3 rings (SSSR count). The van der Waals surface area contributed by atoms with Gasteiger partial charge in [-0.2, -0.15) is 0 Å². The molecule has 1 aliphatic heterocycles. The number of imidazole rings is 1. The molecule has 0 atom stereocenters. The van der Waals surface area contributed by atoms with E-state index in [1.165, 1.54) is 0 Å². The van der Waals surface area contributed by atoms with Gasteiger partial charge >= 0.3 is 0 Å². The first-order chi connectivity index (χ1) is 9.28. The lowest BCUT2D eigenvalue weighted by Crippen LogP contribution is -2.40. The summed E-state index contributed by atoms with van der Waals surface area (Å²) in [6, 6.07) is 8.12. The lowest BCUT2D eigenvalue weighted by molar-refractivity contribution is 0.340. The van der Waals surface area contributed by atoms with Crippen LogP contribution in [-0.2, 0) is 0 Å². The molecule has 1 saturated heterocycles. The van der Waals surface area contributed by atoms with Gasteiger partial charge in [0.15, 0.2) is 0 Å². The van der Waals surface area contributed by atoms with E-state index in [4.69, 9.17) is 9.72 Å². The highest BCUT2D eigenvalue weighted by molar-refractivity contribution is 5.63. The largest absolute Gasteiger partial charge is 0.494 e. The Balaban J connectivity index is 1.92. The van der Waals surface area contributed by atoms with Crippen LogP contribution in [0.15, 0.2) is 24.3 Å². The lowest BCUT2D eigenvalue weighted by atomic mass is 10.0. The molecule has 2 N–H and O–H groups in total. The maximum Gasteiger partial charge on any atom is 0.119 e. The van der Waals surface area contributed by atoms with Gasteiger partial charge in [0, 0.05) is 30.3 Å². The molecular formula is C15H19N3O. The molecule has 100 valence electrons. The van der Waals surface area contributed by atoms with Gasteiger partial charge in [0.1, 0.15) is 11.6 Å². The first-order valence-electron chi connectivity index (χ1n) is 6.78. The number of benzene rings is 1. The summed E-state index contributed by atoms with van der Waals surface area (Å²) in [5.41, 5.74) is 3.26. The van der Waals surface area contributed by atoms with Crippen molar-refractivity contribution in [2.45, 2.75) is 19.8 Å². The summed E-state index contributed by atoms with van der Waals surface area (Å²) < 4.78 is 5.55. The molecule has 2 aromatic rings. The predicted molar refractivity (Wildman–Crippen MR) is 75.5 cm³/mol. The van der Waals surface area contributed by atoms with Crippen LogP contribution in [0.1, 0.15) is 24.4 Å². The monoisotopic (exact) mass is 257 g/mol. The number of aryl methyl sites for hydroxylation is 1. The van der Waals surface area contributed by atoms with Crippen molar-refractivity contribution in [2.75, 3.05) is 19.7 Å². The fourth-order valence-corrected chi connectivity index (χ4v) is 2.34. The Morgan fingerprint density at radius 1 is 1.37 bits per heavy atom. The van der Waals surface area contributed by atoms with Crippen molar-refractivity contribution in [2.24, 2.45) is 0 Å². The van der Waals surface area contributed by atoms with Crippen molar-refractivity contribution in [1.82, 2.24) is 15.3 Å². The Morgan fingerprint density at radius 3 is 2.89 bits per heavy atom. The summed E-state index contributed by atoms with van der Waals surface area (Å²) in [4.78, 5) is 8.16. The van der Waals surface area contributed by atoms with Crippen LogP contribution in [0.4, 0.5) is 0 Å². The molecule has 0 bridgehead atoms. The molecule has 4 nitrogen and oxygen atoms in total. The number of H-pyrrole nitrogens is 1. The zero-order chi connectivity index (χ0) is 13.2. The van der Waals surface area contributed by atoms with Gasteiger partial charge in [-0.1, -0.05) is 12.1 Å². The lowest BCUT2D eigenvalue weighted by Gasteiger charge is -2.24. The van der Waals surface area contributed by atoms with E-state index in [9.17, 15) is 0 Å². The van der Waals surface area contributed by atoms with Crippen molar-refractivity contribution in [3.63, 3.8) is 0 Å². The minimum atomic E-state index is 0.530. The minimum absolute atomic E-state index is 0.530. The maximum absolute atomic E-state index is 5.55. The van der Waals surface area contributed by atoms with Gasteiger partial charge in [0.2, 0.25) is 0 Å². The topological polar surface area (TPSA) is 49.9 Å². The van der Waals surface area contributed by atoms with Gasteiger partial charge in [0.05, 0.1) is 12.3 Å². The number of hydrogen-bond donors (Lipinski definition) is 2. The Bertz CT molecular complexity index is 573. The molecule has 0 aliphatic carbocycles. The number of nitrogens with one attached hydrogen (secondary N) is 2. The molecule has 2 heterocycles. The van der Waals surface area contributed by atoms with E-state index < -0.39 is 0 Å². The van der Waals surface area contributed by atoms with E-state index in [0.717, 1.165) is 41.6 Å². The van der Waals surface area contributed by atoms with E-state index in [-0.39, 0.29) is 0 Å². The van der Waals surface area contributed by atoms with E-state index in [1.54, 1.807) is 0 Å². The highest BCUT2D eigenvalue weighted by atomic mass is 16.5. The molecule has 0 radical (unpaired) electrons. The molecule has 0 spiro atoms. The standard InChI is InChI=1S/C15H19N3O/c1-3-19-13-6-4-5-11(7-13)14-10(2)17-15(18-14)12-8-16-9-12/h4-7,12,16H,3,8-9H2,1-2H3,(H,17,18). The summed E-state index contributed by atoms with van der Waals surface area (Å²) in [7, 11) is 0. The third kappa shape index (κ3) is 2.36. The highest BCUT2D eigenvalue weighted by Gasteiger charge is 2.23. The number of hydrogen-bond acceptors (Lipinski definition) is 3. The van der Waals surface area contributed by atoms with Crippen LogP contribution in [0.5, 0.6) is 5.75 Å². The Morgan fingerprint density at radius 2 is 2.21 bits per heavy atom. The molecule has 0 unspecified atom stereocenters. The van der Waals surface area contributed by atoms with E-state index in [2.05, 4.69) is 29.4 Å². The number of ether oxygens (including phenoxy) is 1. The van der Waals surface area contributed by atoms with Crippen LogP contribution in [0.3, 0.4) is 0 Å². The molecule has 1 aromatic carbocycles. The molecule has 19 heavy (non-hydrogen) atoms. The van der Waals surface area contributed by atoms with E-state index >= 15 is 0 Å². The molecule has 0 amide bonds. The Kier molecular flexibility index (Phi) is 3.25. The second-order valence-corrected chi connectivity index (χ2v) is 4.91. The second kappa shape index (κ2) is 5.05. The molecule has 1 fully saturated rings. The van der Waals surface area contributed by atoms with Gasteiger partial charge < -0.3 is 15.0 Å². The Hall–Kier alpha value is -1.81. The predicted octanol–water partition coefficient (Wildman–Crippen LogP) is 2.47. The van der Waals surface area contributed by atoms with Crippen LogP contribution >= 0.6 is 0 Å². The Labute approximate surface area is 113 Å². The van der Waals surface area contributed by atoms with Crippen molar-refractivity contribution < 1.29 is 4.74 Å². The smallest absolute Gasteiger partial charge is 0.119 e. The van der Waals surface area contributed by atoms with Gasteiger partial charge in [0.25, 0.3) is 0 Å². The van der Waals surface area contributed by atoms with Crippen molar-refractivity contribution in [3.05, 3.63) is 35.8 Å². The summed E-state index contributed by atoms with van der Waals surface area (Å²) >= 11 is 0. The zero-order valence-corrected chi connectivity index (χ0v) is 11.4. The highest BCUT2D eigenvalue weighted by Crippen LogP contribution is 2.27. The quantitative estimate of drug-likeness (QED) is 0.884. The first-order valence-corrected chi connectivity index (χ1v) is 6.78. The van der Waals surface area contributed by atoms with Crippen LogP contribution in [0.25, 0.3) is 11.3 Å². The first kappa shape index (κ1) is 12.2. The SMILES string of the molecule is CCOc1cccc(-c2nc(C3CNC3)[nH]c2C)c1. The number of nitrogens with zero attached hydrogens (tertiary/aromatic N) is 1. The van der Waals surface area contributed by atoms with Gasteiger partial charge in [-0.3, -0.25) is 0 Å². The van der Waals surface area contributed by atoms with Crippen molar-refractivity contribution >= 4 is 0 Å². The van der Waals surface area contributed by atoms with E-state index in [1.807, 2.05) is 19.1 Å². The third-order valence-corrected chi connectivity index (χ3v) is 3.49. The van der Waals surface area contributed by atoms with Crippen molar-refractivity contribution in [3.8, 4) is 17.0 Å². The molecular weight excluding hydrogens is 238 g/mol. The average molecular weight is 257 g/mol. The van der Waals surface area contributed by atoms with Gasteiger partial charge in [-0.05, 0) is 26.0 Å². The fraction of sp³-hybridized carbons (Fsp3) is 0.400. The summed E-state index contributed by atoms with van der Waals surface area (Å²) in [5, 5.41) is 3.27. The normalized spacial score (nSPS) is 15.3. The zero-order valence-electron chi connectivity index (χ0n) is 11.4. The maximum atomic E-state index is 5.55. The van der Waals surface area contributed by atoms with Crippen molar-refractivity contribution in [1.29, 1.82) is 0 Å². The average Bonchev–Trinajstić information content (AvgIpc) is 2.69. The molecule has 1 aromatic heterocycles. The van der Waals surface area contributed by atoms with Crippen LogP contribution in [0.2, 0.25) is 0 Å².